The molecule has 1 aromatic heterocycles. The van der Waals surface area contributed by atoms with Crippen LogP contribution in [0.2, 0.25) is 0 Å². The number of hydrogen-bond acceptors (Lipinski definition) is 6. The standard InChI is InChI=1S/C23H28N4O5S2/c1-15-2-6-18(7-3-15)25-22(29)26-34(31,32)19-8-4-16(5-9-19)10-12-24-23(30)27-14-17-11-13-33-20(17)21(27)28/h4-5,8-9,11,13,15,18H,2-3,6-7,10,12,14H2,1H3,(H,24,30)(H2,25,26,29). The van der Waals surface area contributed by atoms with Crippen LogP contribution in [-0.2, 0) is 23.0 Å². The van der Waals surface area contributed by atoms with Crippen LogP contribution in [0.5, 0.6) is 0 Å². The summed E-state index contributed by atoms with van der Waals surface area (Å²) in [4.78, 5) is 38.5. The monoisotopic (exact) mass is 504 g/mol. The Bertz CT molecular complexity index is 1170. The van der Waals surface area contributed by atoms with Gasteiger partial charge in [-0.15, -0.1) is 11.3 Å². The van der Waals surface area contributed by atoms with Crippen molar-refractivity contribution in [3.63, 3.8) is 0 Å². The van der Waals surface area contributed by atoms with Crippen LogP contribution in [0.1, 0.15) is 53.4 Å². The topological polar surface area (TPSA) is 125 Å². The van der Waals surface area contributed by atoms with Crippen molar-refractivity contribution in [2.45, 2.75) is 56.5 Å². The number of amides is 5. The van der Waals surface area contributed by atoms with Crippen molar-refractivity contribution in [2.24, 2.45) is 5.92 Å². The second-order valence-electron chi connectivity index (χ2n) is 8.83. The molecule has 0 atom stereocenters. The van der Waals surface area contributed by atoms with Gasteiger partial charge in [0.2, 0.25) is 0 Å². The number of carbonyl (C=O) groups is 3. The molecular weight excluding hydrogens is 476 g/mol. The number of hydrogen-bond donors (Lipinski definition) is 3. The highest BCUT2D eigenvalue weighted by Gasteiger charge is 2.32. The van der Waals surface area contributed by atoms with Crippen LogP contribution in [-0.4, -0.2) is 43.9 Å². The van der Waals surface area contributed by atoms with Gasteiger partial charge in [0, 0.05) is 12.6 Å². The fourth-order valence-corrected chi connectivity index (χ4v) is 6.00. The van der Waals surface area contributed by atoms with Gasteiger partial charge in [-0.3, -0.25) is 9.69 Å². The van der Waals surface area contributed by atoms with Gasteiger partial charge in [-0.25, -0.2) is 22.7 Å². The predicted molar refractivity (Wildman–Crippen MR) is 128 cm³/mol. The molecule has 9 nitrogen and oxygen atoms in total. The van der Waals surface area contributed by atoms with Crippen molar-refractivity contribution < 1.29 is 22.8 Å². The normalized spacial score (nSPS) is 20.0. The van der Waals surface area contributed by atoms with Crippen molar-refractivity contribution in [3.8, 4) is 0 Å². The number of fused-ring (bicyclic) bond motifs is 1. The molecule has 4 rings (SSSR count). The fourth-order valence-electron chi connectivity index (χ4n) is 4.22. The summed E-state index contributed by atoms with van der Waals surface area (Å²) < 4.78 is 27.1. The first-order chi connectivity index (χ1) is 16.2. The van der Waals surface area contributed by atoms with E-state index in [2.05, 4.69) is 22.3 Å². The molecule has 2 aromatic rings. The molecule has 0 bridgehead atoms. The van der Waals surface area contributed by atoms with Crippen LogP contribution in [0.15, 0.2) is 40.6 Å². The minimum Gasteiger partial charge on any atom is -0.337 e. The van der Waals surface area contributed by atoms with E-state index in [9.17, 15) is 22.8 Å². The summed E-state index contributed by atoms with van der Waals surface area (Å²) in [5.74, 6) is 0.347. The number of sulfonamides is 1. The number of thiophene rings is 1. The Hall–Kier alpha value is -2.92. The zero-order valence-electron chi connectivity index (χ0n) is 18.9. The van der Waals surface area contributed by atoms with Gasteiger partial charge in [-0.1, -0.05) is 19.1 Å². The molecule has 3 N–H and O–H groups in total. The third-order valence-corrected chi connectivity index (χ3v) is 8.55. The Balaban J connectivity index is 1.24. The van der Waals surface area contributed by atoms with Crippen LogP contribution in [0.3, 0.4) is 0 Å². The molecule has 34 heavy (non-hydrogen) atoms. The van der Waals surface area contributed by atoms with Gasteiger partial charge in [-0.05, 0) is 72.7 Å². The van der Waals surface area contributed by atoms with E-state index < -0.39 is 22.1 Å². The largest absolute Gasteiger partial charge is 0.337 e. The minimum atomic E-state index is -3.98. The molecule has 1 aliphatic heterocycles. The number of urea groups is 2. The van der Waals surface area contributed by atoms with Crippen molar-refractivity contribution in [3.05, 3.63) is 51.7 Å². The Morgan fingerprint density at radius 2 is 1.79 bits per heavy atom. The van der Waals surface area contributed by atoms with E-state index in [-0.39, 0.29) is 23.4 Å². The van der Waals surface area contributed by atoms with E-state index in [1.165, 1.54) is 28.4 Å². The molecule has 2 heterocycles. The Morgan fingerprint density at radius 3 is 2.47 bits per heavy atom. The van der Waals surface area contributed by atoms with Gasteiger partial charge in [0.05, 0.1) is 16.3 Å². The number of benzene rings is 1. The van der Waals surface area contributed by atoms with Gasteiger partial charge in [0.25, 0.3) is 15.9 Å². The lowest BCUT2D eigenvalue weighted by atomic mass is 9.87. The second-order valence-corrected chi connectivity index (χ2v) is 11.4. The Kier molecular flexibility index (Phi) is 7.22. The number of nitrogens with zero attached hydrogens (tertiary/aromatic N) is 1. The van der Waals surface area contributed by atoms with Crippen LogP contribution >= 0.6 is 11.3 Å². The van der Waals surface area contributed by atoms with Crippen molar-refractivity contribution in [2.75, 3.05) is 6.54 Å². The third kappa shape index (κ3) is 5.58. The lowest BCUT2D eigenvalue weighted by Gasteiger charge is -2.26. The zero-order valence-corrected chi connectivity index (χ0v) is 20.5. The molecule has 0 saturated heterocycles. The highest BCUT2D eigenvalue weighted by molar-refractivity contribution is 7.90. The first-order valence-corrected chi connectivity index (χ1v) is 13.7. The van der Waals surface area contributed by atoms with E-state index >= 15 is 0 Å². The van der Waals surface area contributed by atoms with Crippen molar-refractivity contribution in [1.82, 2.24) is 20.3 Å². The van der Waals surface area contributed by atoms with Crippen molar-refractivity contribution >= 4 is 39.3 Å². The molecule has 0 unspecified atom stereocenters. The van der Waals surface area contributed by atoms with E-state index in [0.717, 1.165) is 36.8 Å². The Labute approximate surface area is 203 Å². The summed E-state index contributed by atoms with van der Waals surface area (Å²) in [6.45, 7) is 2.74. The predicted octanol–water partition coefficient (Wildman–Crippen LogP) is 3.22. The van der Waals surface area contributed by atoms with Crippen LogP contribution in [0, 0.1) is 5.92 Å². The maximum atomic E-state index is 12.5. The first kappa shape index (κ1) is 24.2. The maximum absolute atomic E-state index is 12.5. The van der Waals surface area contributed by atoms with Gasteiger partial charge in [-0.2, -0.15) is 0 Å². The molecule has 182 valence electrons. The van der Waals surface area contributed by atoms with Gasteiger partial charge < -0.3 is 10.6 Å². The van der Waals surface area contributed by atoms with Crippen molar-refractivity contribution in [1.29, 1.82) is 0 Å². The summed E-state index contributed by atoms with van der Waals surface area (Å²) in [6.07, 6.45) is 4.19. The number of carbonyl (C=O) groups excluding carboxylic acids is 3. The summed E-state index contributed by atoms with van der Waals surface area (Å²) in [7, 11) is -3.98. The molecule has 1 aliphatic carbocycles. The van der Waals surface area contributed by atoms with E-state index in [0.29, 0.717) is 23.8 Å². The highest BCUT2D eigenvalue weighted by Crippen LogP contribution is 2.27. The molecule has 0 spiro atoms. The fraction of sp³-hybridized carbons (Fsp3) is 0.435. The van der Waals surface area contributed by atoms with Gasteiger partial charge >= 0.3 is 12.1 Å². The first-order valence-electron chi connectivity index (χ1n) is 11.3. The molecule has 11 heteroatoms. The maximum Gasteiger partial charge on any atom is 0.328 e. The lowest BCUT2D eigenvalue weighted by Crippen LogP contribution is -2.45. The van der Waals surface area contributed by atoms with E-state index in [1.807, 2.05) is 11.4 Å². The Morgan fingerprint density at radius 1 is 1.09 bits per heavy atom. The second kappa shape index (κ2) is 10.1. The summed E-state index contributed by atoms with van der Waals surface area (Å²) in [6, 6.07) is 6.81. The number of rotatable bonds is 6. The molecular formula is C23H28N4O5S2. The third-order valence-electron chi connectivity index (χ3n) is 6.26. The molecule has 5 amide bonds. The lowest BCUT2D eigenvalue weighted by molar-refractivity contribution is 0.0824. The summed E-state index contributed by atoms with van der Waals surface area (Å²) in [5.41, 5.74) is 1.67. The average molecular weight is 505 g/mol. The van der Waals surface area contributed by atoms with Crippen LogP contribution < -0.4 is 15.4 Å². The SMILES string of the molecule is CC1CCC(NC(=O)NS(=O)(=O)c2ccc(CCNC(=O)N3Cc4ccsc4C3=O)cc2)CC1. The highest BCUT2D eigenvalue weighted by atomic mass is 32.2. The van der Waals surface area contributed by atoms with E-state index in [1.54, 1.807) is 12.1 Å². The minimum absolute atomic E-state index is 0.00755. The van der Waals surface area contributed by atoms with Crippen LogP contribution in [0.4, 0.5) is 9.59 Å². The molecule has 2 aliphatic rings. The van der Waals surface area contributed by atoms with Gasteiger partial charge in [0.15, 0.2) is 0 Å². The number of nitrogens with one attached hydrogen (secondary N) is 3. The molecule has 0 radical (unpaired) electrons. The summed E-state index contributed by atoms with van der Waals surface area (Å²) in [5, 5.41) is 7.31. The molecule has 1 fully saturated rings. The quantitative estimate of drug-likeness (QED) is 0.557. The molecule has 1 aromatic carbocycles. The smallest absolute Gasteiger partial charge is 0.328 e. The average Bonchev–Trinajstić information content (AvgIpc) is 3.38. The van der Waals surface area contributed by atoms with Crippen LogP contribution in [0.25, 0.3) is 0 Å². The van der Waals surface area contributed by atoms with E-state index in [4.69, 9.17) is 0 Å². The molecule has 1 saturated carbocycles. The van der Waals surface area contributed by atoms with Gasteiger partial charge in [0.1, 0.15) is 0 Å². The zero-order chi connectivity index (χ0) is 24.3. The summed E-state index contributed by atoms with van der Waals surface area (Å²) >= 11 is 1.33. The number of imide groups is 1.